The van der Waals surface area contributed by atoms with Crippen molar-refractivity contribution >= 4 is 11.3 Å². The van der Waals surface area contributed by atoms with E-state index in [-0.39, 0.29) is 0 Å². The smallest absolute Gasteiger partial charge is 0.165 e. The molecule has 0 atom stereocenters. The number of rotatable bonds is 7. The van der Waals surface area contributed by atoms with Crippen molar-refractivity contribution in [2.75, 3.05) is 13.7 Å². The van der Waals surface area contributed by atoms with E-state index >= 15 is 0 Å². The van der Waals surface area contributed by atoms with Crippen molar-refractivity contribution < 1.29 is 9.47 Å². The number of hydrogen-bond acceptors (Lipinski definition) is 5. The summed E-state index contributed by atoms with van der Waals surface area (Å²) < 4.78 is 11.0. The predicted octanol–water partition coefficient (Wildman–Crippen LogP) is 3.15. The Kier molecular flexibility index (Phi) is 5.38. The summed E-state index contributed by atoms with van der Waals surface area (Å²) >= 11 is 1.71. The monoisotopic (exact) mass is 292 g/mol. The van der Waals surface area contributed by atoms with Gasteiger partial charge in [-0.1, -0.05) is 12.1 Å². The molecule has 20 heavy (non-hydrogen) atoms. The van der Waals surface area contributed by atoms with E-state index in [4.69, 9.17) is 9.47 Å². The summed E-state index contributed by atoms with van der Waals surface area (Å²) in [7, 11) is 1.67. The average Bonchev–Trinajstić information content (AvgIpc) is 2.85. The fourth-order valence-electron chi connectivity index (χ4n) is 1.99. The Bertz CT molecular complexity index is 555. The lowest BCUT2D eigenvalue weighted by molar-refractivity contribution is 0.308. The highest BCUT2D eigenvalue weighted by atomic mass is 32.1. The topological polar surface area (TPSA) is 43.4 Å². The number of hydrogen-bond donors (Lipinski definition) is 1. The van der Waals surface area contributed by atoms with Crippen LogP contribution in [-0.2, 0) is 13.1 Å². The standard InChI is InChI=1S/C15H20N2O2S/c1-4-19-13-7-5-6-12(15(13)18-3)9-16-10-14-17-8-11(2)20-14/h5-8,16H,4,9-10H2,1-3H3. The molecular weight excluding hydrogens is 272 g/mol. The van der Waals surface area contributed by atoms with Crippen LogP contribution in [0.25, 0.3) is 0 Å². The second-order valence-corrected chi connectivity index (χ2v) is 5.67. The summed E-state index contributed by atoms with van der Waals surface area (Å²) in [4.78, 5) is 5.57. The number of nitrogens with zero attached hydrogens (tertiary/aromatic N) is 1. The summed E-state index contributed by atoms with van der Waals surface area (Å²) in [6.07, 6.45) is 1.90. The highest BCUT2D eigenvalue weighted by molar-refractivity contribution is 7.11. The van der Waals surface area contributed by atoms with Gasteiger partial charge in [-0.2, -0.15) is 0 Å². The van der Waals surface area contributed by atoms with E-state index < -0.39 is 0 Å². The lowest BCUT2D eigenvalue weighted by atomic mass is 10.2. The molecule has 0 aliphatic heterocycles. The van der Waals surface area contributed by atoms with Crippen LogP contribution >= 0.6 is 11.3 Å². The number of aromatic nitrogens is 1. The van der Waals surface area contributed by atoms with Gasteiger partial charge in [-0.05, 0) is 19.9 Å². The molecule has 0 saturated heterocycles. The van der Waals surface area contributed by atoms with Crippen molar-refractivity contribution in [3.8, 4) is 11.5 Å². The average molecular weight is 292 g/mol. The summed E-state index contributed by atoms with van der Waals surface area (Å²) in [5.41, 5.74) is 1.09. The zero-order valence-corrected chi connectivity index (χ0v) is 12.9. The van der Waals surface area contributed by atoms with Gasteiger partial charge in [0.15, 0.2) is 11.5 Å². The molecule has 108 valence electrons. The van der Waals surface area contributed by atoms with Gasteiger partial charge >= 0.3 is 0 Å². The first-order chi connectivity index (χ1) is 9.74. The molecule has 1 aromatic heterocycles. The van der Waals surface area contributed by atoms with Gasteiger partial charge < -0.3 is 14.8 Å². The fraction of sp³-hybridized carbons (Fsp3) is 0.400. The highest BCUT2D eigenvalue weighted by Crippen LogP contribution is 2.30. The van der Waals surface area contributed by atoms with Crippen molar-refractivity contribution in [3.63, 3.8) is 0 Å². The molecule has 2 rings (SSSR count). The third-order valence-corrected chi connectivity index (χ3v) is 3.74. The molecule has 0 amide bonds. The van der Waals surface area contributed by atoms with E-state index in [1.807, 2.05) is 31.3 Å². The lowest BCUT2D eigenvalue weighted by Crippen LogP contribution is -2.13. The SMILES string of the molecule is CCOc1cccc(CNCc2ncc(C)s2)c1OC. The Morgan fingerprint density at radius 1 is 1.30 bits per heavy atom. The van der Waals surface area contributed by atoms with Crippen LogP contribution < -0.4 is 14.8 Å². The normalized spacial score (nSPS) is 10.6. The molecule has 2 aromatic rings. The Hall–Kier alpha value is -1.59. The van der Waals surface area contributed by atoms with Crippen LogP contribution in [0.3, 0.4) is 0 Å². The Morgan fingerprint density at radius 2 is 2.15 bits per heavy atom. The van der Waals surface area contributed by atoms with Crippen LogP contribution in [0.1, 0.15) is 22.4 Å². The Balaban J connectivity index is 1.99. The van der Waals surface area contributed by atoms with E-state index in [0.29, 0.717) is 6.61 Å². The molecule has 4 nitrogen and oxygen atoms in total. The molecule has 0 bridgehead atoms. The molecule has 0 fully saturated rings. The zero-order chi connectivity index (χ0) is 14.4. The van der Waals surface area contributed by atoms with Gasteiger partial charge in [0, 0.05) is 29.7 Å². The number of para-hydroxylation sites is 1. The molecule has 0 radical (unpaired) electrons. The van der Waals surface area contributed by atoms with Crippen LogP contribution in [0.2, 0.25) is 0 Å². The van der Waals surface area contributed by atoms with Gasteiger partial charge in [-0.3, -0.25) is 0 Å². The van der Waals surface area contributed by atoms with Crippen molar-refractivity contribution in [1.82, 2.24) is 10.3 Å². The second kappa shape index (κ2) is 7.26. The number of nitrogens with one attached hydrogen (secondary N) is 1. The number of methoxy groups -OCH3 is 1. The largest absolute Gasteiger partial charge is 0.493 e. The number of thiazole rings is 1. The van der Waals surface area contributed by atoms with Crippen LogP contribution in [-0.4, -0.2) is 18.7 Å². The van der Waals surface area contributed by atoms with Crippen LogP contribution in [0.5, 0.6) is 11.5 Å². The molecule has 0 spiro atoms. The molecule has 1 aromatic carbocycles. The first-order valence-electron chi connectivity index (χ1n) is 6.65. The maximum absolute atomic E-state index is 5.57. The Morgan fingerprint density at radius 3 is 2.80 bits per heavy atom. The third kappa shape index (κ3) is 3.71. The van der Waals surface area contributed by atoms with E-state index in [0.717, 1.165) is 35.2 Å². The minimum absolute atomic E-state index is 0.631. The quantitative estimate of drug-likeness (QED) is 0.851. The molecule has 1 N–H and O–H groups in total. The summed E-state index contributed by atoms with van der Waals surface area (Å²) in [5, 5.41) is 4.49. The van der Waals surface area contributed by atoms with Gasteiger partial charge in [0.25, 0.3) is 0 Å². The van der Waals surface area contributed by atoms with Crippen molar-refractivity contribution in [2.24, 2.45) is 0 Å². The molecule has 1 heterocycles. The third-order valence-electron chi connectivity index (χ3n) is 2.83. The maximum atomic E-state index is 5.57. The second-order valence-electron chi connectivity index (χ2n) is 4.35. The maximum Gasteiger partial charge on any atom is 0.165 e. The molecule has 5 heteroatoms. The summed E-state index contributed by atoms with van der Waals surface area (Å²) in [6, 6.07) is 5.95. The minimum Gasteiger partial charge on any atom is -0.493 e. The van der Waals surface area contributed by atoms with Crippen molar-refractivity contribution in [2.45, 2.75) is 26.9 Å². The van der Waals surface area contributed by atoms with Gasteiger partial charge in [0.05, 0.1) is 13.7 Å². The molecular formula is C15H20N2O2S. The fourth-order valence-corrected chi connectivity index (χ4v) is 2.75. The summed E-state index contributed by atoms with van der Waals surface area (Å²) in [6.45, 7) is 6.15. The molecule has 0 unspecified atom stereocenters. The van der Waals surface area contributed by atoms with Crippen LogP contribution in [0, 0.1) is 6.92 Å². The van der Waals surface area contributed by atoms with Crippen molar-refractivity contribution in [3.05, 3.63) is 39.8 Å². The van der Waals surface area contributed by atoms with Crippen LogP contribution in [0.4, 0.5) is 0 Å². The Labute approximate surface area is 123 Å². The van der Waals surface area contributed by atoms with E-state index in [1.54, 1.807) is 18.4 Å². The first kappa shape index (κ1) is 14.8. The zero-order valence-electron chi connectivity index (χ0n) is 12.1. The molecule has 0 aliphatic rings. The van der Waals surface area contributed by atoms with Crippen LogP contribution in [0.15, 0.2) is 24.4 Å². The number of ether oxygens (including phenoxy) is 2. The van der Waals surface area contributed by atoms with E-state index in [2.05, 4.69) is 17.2 Å². The predicted molar refractivity (Wildman–Crippen MR) is 81.6 cm³/mol. The van der Waals surface area contributed by atoms with Gasteiger partial charge in [-0.15, -0.1) is 11.3 Å². The van der Waals surface area contributed by atoms with Gasteiger partial charge in [-0.25, -0.2) is 4.98 Å². The number of benzene rings is 1. The van der Waals surface area contributed by atoms with Gasteiger partial charge in [0.2, 0.25) is 0 Å². The minimum atomic E-state index is 0.631. The first-order valence-corrected chi connectivity index (χ1v) is 7.47. The number of aryl methyl sites for hydroxylation is 1. The molecule has 0 saturated carbocycles. The van der Waals surface area contributed by atoms with E-state index in [1.165, 1.54) is 4.88 Å². The molecule has 0 aliphatic carbocycles. The summed E-state index contributed by atoms with van der Waals surface area (Å²) in [5.74, 6) is 1.59. The lowest BCUT2D eigenvalue weighted by Gasteiger charge is -2.13. The van der Waals surface area contributed by atoms with Crippen molar-refractivity contribution in [1.29, 1.82) is 0 Å². The highest BCUT2D eigenvalue weighted by Gasteiger charge is 2.09. The van der Waals surface area contributed by atoms with Gasteiger partial charge in [0.1, 0.15) is 5.01 Å². The van der Waals surface area contributed by atoms with E-state index in [9.17, 15) is 0 Å².